The normalized spacial score (nSPS) is 26.4. The lowest BCUT2D eigenvalue weighted by Gasteiger charge is -2.46. The van der Waals surface area contributed by atoms with Gasteiger partial charge in [0.25, 0.3) is 0 Å². The molecule has 1 saturated heterocycles. The molecule has 0 amide bonds. The average Bonchev–Trinajstić information content (AvgIpc) is 2.76. The molecule has 0 unspecified atom stereocenters. The molecule has 30 heavy (non-hydrogen) atoms. The maximum Gasteiger partial charge on any atom is 0.114 e. The van der Waals surface area contributed by atoms with Gasteiger partial charge in [-0.25, -0.2) is 0 Å². The number of rotatable bonds is 11. The molecule has 1 heterocycles. The van der Waals surface area contributed by atoms with Gasteiger partial charge in [0.2, 0.25) is 0 Å². The van der Waals surface area contributed by atoms with Gasteiger partial charge in [0.05, 0.1) is 31.5 Å². The fourth-order valence-electron chi connectivity index (χ4n) is 3.93. The van der Waals surface area contributed by atoms with Crippen LogP contribution in [-0.4, -0.2) is 35.6 Å². The van der Waals surface area contributed by atoms with Crippen molar-refractivity contribution in [1.29, 1.82) is 0 Å². The number of hydrogen-bond acceptors (Lipinski definition) is 4. The molecule has 0 saturated carbocycles. The first-order valence-electron chi connectivity index (χ1n) is 10.9. The third-order valence-electron chi connectivity index (χ3n) is 5.74. The smallest absolute Gasteiger partial charge is 0.114 e. The first kappa shape index (κ1) is 22.7. The fourth-order valence-corrected chi connectivity index (χ4v) is 3.93. The first-order chi connectivity index (χ1) is 14.6. The second-order valence-corrected chi connectivity index (χ2v) is 8.20. The van der Waals surface area contributed by atoms with Gasteiger partial charge in [-0.1, -0.05) is 66.7 Å². The van der Waals surface area contributed by atoms with Crippen LogP contribution in [-0.2, 0) is 27.4 Å². The van der Waals surface area contributed by atoms with Gasteiger partial charge < -0.3 is 19.3 Å². The van der Waals surface area contributed by atoms with Gasteiger partial charge in [-0.15, -0.1) is 6.58 Å². The largest absolute Gasteiger partial charge is 0.385 e. The Kier molecular flexibility index (Phi) is 8.64. The van der Waals surface area contributed by atoms with E-state index in [1.54, 1.807) is 6.08 Å². The molecule has 0 bridgehead atoms. The molecule has 3 rings (SSSR count). The Morgan fingerprint density at radius 2 is 1.70 bits per heavy atom. The van der Waals surface area contributed by atoms with Gasteiger partial charge in [0, 0.05) is 13.0 Å². The van der Waals surface area contributed by atoms with Crippen molar-refractivity contribution >= 4 is 0 Å². The molecule has 0 aliphatic carbocycles. The molecule has 2 aromatic carbocycles. The van der Waals surface area contributed by atoms with Crippen LogP contribution in [0.4, 0.5) is 0 Å². The molecule has 4 heteroatoms. The first-order valence-corrected chi connectivity index (χ1v) is 10.9. The van der Waals surface area contributed by atoms with Crippen molar-refractivity contribution in [2.45, 2.75) is 69.7 Å². The van der Waals surface area contributed by atoms with Crippen LogP contribution in [0.2, 0.25) is 0 Å². The number of ether oxygens (including phenoxy) is 3. The third kappa shape index (κ3) is 6.51. The van der Waals surface area contributed by atoms with Crippen molar-refractivity contribution in [3.05, 3.63) is 84.4 Å². The zero-order valence-corrected chi connectivity index (χ0v) is 17.9. The summed E-state index contributed by atoms with van der Waals surface area (Å²) in [6.07, 6.45) is 4.29. The van der Waals surface area contributed by atoms with Crippen LogP contribution in [0.1, 0.15) is 43.7 Å². The van der Waals surface area contributed by atoms with Crippen molar-refractivity contribution < 1.29 is 19.3 Å². The van der Waals surface area contributed by atoms with Gasteiger partial charge in [-0.05, 0) is 37.3 Å². The average molecular weight is 411 g/mol. The van der Waals surface area contributed by atoms with Crippen LogP contribution in [0.25, 0.3) is 0 Å². The fraction of sp³-hybridized carbons (Fsp3) is 0.462. The van der Waals surface area contributed by atoms with E-state index in [0.29, 0.717) is 32.7 Å². The highest BCUT2D eigenvalue weighted by Gasteiger charge is 2.46. The molecule has 1 N–H and O–H groups in total. The minimum absolute atomic E-state index is 0.0382. The molecular weight excluding hydrogens is 376 g/mol. The summed E-state index contributed by atoms with van der Waals surface area (Å²) >= 11 is 0. The van der Waals surface area contributed by atoms with Crippen LogP contribution < -0.4 is 0 Å². The Labute approximate surface area is 180 Å². The third-order valence-corrected chi connectivity index (χ3v) is 5.74. The summed E-state index contributed by atoms with van der Waals surface area (Å²) in [5.41, 5.74) is 1.23. The highest BCUT2D eigenvalue weighted by Crippen LogP contribution is 2.35. The molecule has 0 radical (unpaired) electrons. The van der Waals surface area contributed by atoms with E-state index in [4.69, 9.17) is 14.2 Å². The molecule has 1 fully saturated rings. The second kappa shape index (κ2) is 11.4. The number of aliphatic hydroxyl groups is 1. The maximum atomic E-state index is 11.1. The Morgan fingerprint density at radius 3 is 2.33 bits per heavy atom. The summed E-state index contributed by atoms with van der Waals surface area (Å²) in [6.45, 7) is 7.44. The molecule has 162 valence electrons. The van der Waals surface area contributed by atoms with Crippen LogP contribution >= 0.6 is 0 Å². The standard InChI is InChI=1S/C26H34O4/c1-3-11-24-26(2,27)25(29-20-22-14-8-5-9-15-22)18-23(30-24)16-10-17-28-19-21-12-6-4-7-13-21/h3-9,12-15,23-25,27H,1,10-11,16-20H2,2H3/t23-,24+,25+,26+/m0/s1. The summed E-state index contributed by atoms with van der Waals surface area (Å²) < 4.78 is 18.2. The second-order valence-electron chi connectivity index (χ2n) is 8.20. The summed E-state index contributed by atoms with van der Waals surface area (Å²) in [4.78, 5) is 0. The van der Waals surface area contributed by atoms with Gasteiger partial charge in [0.15, 0.2) is 0 Å². The van der Waals surface area contributed by atoms with E-state index in [-0.39, 0.29) is 18.3 Å². The zero-order chi connectivity index (χ0) is 21.2. The Balaban J connectivity index is 1.50. The van der Waals surface area contributed by atoms with E-state index in [9.17, 15) is 5.11 Å². The number of hydrogen-bond donors (Lipinski definition) is 1. The van der Waals surface area contributed by atoms with E-state index >= 15 is 0 Å². The number of benzene rings is 2. The predicted molar refractivity (Wildman–Crippen MR) is 119 cm³/mol. The van der Waals surface area contributed by atoms with E-state index in [2.05, 4.69) is 18.7 Å². The van der Waals surface area contributed by atoms with Crippen molar-refractivity contribution in [2.24, 2.45) is 0 Å². The minimum Gasteiger partial charge on any atom is -0.385 e. The quantitative estimate of drug-likeness (QED) is 0.416. The van der Waals surface area contributed by atoms with Crippen LogP contribution in [0, 0.1) is 0 Å². The lowest BCUT2D eigenvalue weighted by atomic mass is 9.83. The van der Waals surface area contributed by atoms with Crippen molar-refractivity contribution in [3.8, 4) is 0 Å². The van der Waals surface area contributed by atoms with Gasteiger partial charge in [-0.2, -0.15) is 0 Å². The lowest BCUT2D eigenvalue weighted by Crippen LogP contribution is -2.58. The summed E-state index contributed by atoms with van der Waals surface area (Å²) in [6, 6.07) is 20.3. The Hall–Kier alpha value is -1.98. The maximum absolute atomic E-state index is 11.1. The highest BCUT2D eigenvalue weighted by molar-refractivity contribution is 5.14. The highest BCUT2D eigenvalue weighted by atomic mass is 16.5. The summed E-state index contributed by atoms with van der Waals surface area (Å²) in [5.74, 6) is 0. The van der Waals surface area contributed by atoms with Gasteiger partial charge in [0.1, 0.15) is 5.60 Å². The van der Waals surface area contributed by atoms with Crippen LogP contribution in [0.3, 0.4) is 0 Å². The monoisotopic (exact) mass is 410 g/mol. The Bertz CT molecular complexity index is 744. The zero-order valence-electron chi connectivity index (χ0n) is 17.9. The molecule has 1 aliphatic heterocycles. The minimum atomic E-state index is -1.05. The van der Waals surface area contributed by atoms with Crippen LogP contribution in [0.5, 0.6) is 0 Å². The molecule has 0 aromatic heterocycles. The van der Waals surface area contributed by atoms with E-state index < -0.39 is 5.60 Å². The SMILES string of the molecule is C=CC[C@H]1O[C@@H](CCCOCc2ccccc2)C[C@@H](OCc2ccccc2)[C@]1(C)O. The van der Waals surface area contributed by atoms with Crippen molar-refractivity contribution in [3.63, 3.8) is 0 Å². The van der Waals surface area contributed by atoms with E-state index in [0.717, 1.165) is 18.4 Å². The van der Waals surface area contributed by atoms with E-state index in [1.807, 2.05) is 55.5 Å². The molecule has 2 aromatic rings. The molecule has 0 spiro atoms. The molecule has 1 aliphatic rings. The molecule has 4 atom stereocenters. The van der Waals surface area contributed by atoms with Crippen LogP contribution in [0.15, 0.2) is 73.3 Å². The van der Waals surface area contributed by atoms with Gasteiger partial charge >= 0.3 is 0 Å². The molecular formula is C26H34O4. The van der Waals surface area contributed by atoms with Crippen molar-refractivity contribution in [2.75, 3.05) is 6.61 Å². The summed E-state index contributed by atoms with van der Waals surface area (Å²) in [5, 5.41) is 11.1. The molecule has 4 nitrogen and oxygen atoms in total. The van der Waals surface area contributed by atoms with Gasteiger partial charge in [-0.3, -0.25) is 0 Å². The van der Waals surface area contributed by atoms with E-state index in [1.165, 1.54) is 5.56 Å². The summed E-state index contributed by atoms with van der Waals surface area (Å²) in [7, 11) is 0. The topological polar surface area (TPSA) is 47.9 Å². The lowest BCUT2D eigenvalue weighted by molar-refractivity contribution is -0.235. The Morgan fingerprint density at radius 1 is 1.07 bits per heavy atom. The van der Waals surface area contributed by atoms with Crippen molar-refractivity contribution in [1.82, 2.24) is 0 Å². The predicted octanol–water partition coefficient (Wildman–Crippen LogP) is 5.05.